The first kappa shape index (κ1) is 15.2. The highest BCUT2D eigenvalue weighted by atomic mass is 31.2. The molecule has 1 radical (unpaired) electrons. The third-order valence-corrected chi connectivity index (χ3v) is 2.68. The largest absolute Gasteiger partial charge is 0.328 e. The maximum absolute atomic E-state index is 11.7. The van der Waals surface area contributed by atoms with Crippen LogP contribution >= 0.6 is 8.60 Å². The Balaban J connectivity index is 0.000000423. The van der Waals surface area contributed by atoms with Crippen LogP contribution in [0.1, 0.15) is 47.0 Å². The predicted octanol–water partition coefficient (Wildman–Crippen LogP) is 1.57. The van der Waals surface area contributed by atoms with Crippen molar-refractivity contribution >= 4 is 8.60 Å². The molecule has 1 rings (SSSR count). The topological polar surface area (TPSA) is 83.8 Å². The number of nitrogens with zero attached hydrogens (tertiary/aromatic N) is 1. The zero-order valence-electron chi connectivity index (χ0n) is 9.77. The van der Waals surface area contributed by atoms with E-state index in [2.05, 4.69) is 0 Å². The monoisotopic (exact) mass is 238 g/mol. The van der Waals surface area contributed by atoms with Crippen LogP contribution in [0, 0.1) is 0 Å². The van der Waals surface area contributed by atoms with Crippen molar-refractivity contribution in [3.05, 3.63) is 0 Å². The van der Waals surface area contributed by atoms with Gasteiger partial charge in [0, 0.05) is 11.1 Å². The van der Waals surface area contributed by atoms with Crippen molar-refractivity contribution in [2.24, 2.45) is 0 Å². The molecule has 0 aliphatic carbocycles. The smallest absolute Gasteiger partial charge is 0.324 e. The van der Waals surface area contributed by atoms with Crippen LogP contribution in [0.25, 0.3) is 0 Å². The Hall–Kier alpha value is 0.230. The number of hydroxylamine groups is 2. The molecule has 1 heterocycles. The first-order valence-corrected chi connectivity index (χ1v) is 6.14. The molecule has 91 valence electrons. The van der Waals surface area contributed by atoms with Gasteiger partial charge in [0.2, 0.25) is 0 Å². The van der Waals surface area contributed by atoms with Gasteiger partial charge in [0.1, 0.15) is 0 Å². The summed E-state index contributed by atoms with van der Waals surface area (Å²) in [6.07, 6.45) is 3.23. The zero-order chi connectivity index (χ0) is 12.3. The summed E-state index contributed by atoms with van der Waals surface area (Å²) < 4.78 is 0. The molecule has 0 amide bonds. The molecule has 15 heavy (non-hydrogen) atoms. The number of piperidine rings is 1. The lowest BCUT2D eigenvalue weighted by atomic mass is 9.82. The summed E-state index contributed by atoms with van der Waals surface area (Å²) in [5.41, 5.74) is -0.302. The predicted molar refractivity (Wildman–Crippen MR) is 58.1 cm³/mol. The molecule has 0 atom stereocenters. The van der Waals surface area contributed by atoms with Gasteiger partial charge in [-0.15, -0.1) is 10.3 Å². The van der Waals surface area contributed by atoms with E-state index >= 15 is 0 Å². The van der Waals surface area contributed by atoms with Crippen LogP contribution in [0.3, 0.4) is 0 Å². The summed E-state index contributed by atoms with van der Waals surface area (Å²) in [7, 11) is -2.62. The highest BCUT2D eigenvalue weighted by molar-refractivity contribution is 7.38. The average molecular weight is 238 g/mol. The molecule has 1 aliphatic heterocycles. The van der Waals surface area contributed by atoms with Gasteiger partial charge in [0.05, 0.1) is 0 Å². The van der Waals surface area contributed by atoms with E-state index in [9.17, 15) is 5.21 Å². The second-order valence-corrected chi connectivity index (χ2v) is 5.58. The highest BCUT2D eigenvalue weighted by Gasteiger charge is 2.41. The van der Waals surface area contributed by atoms with E-state index in [1.807, 2.05) is 27.7 Å². The Morgan fingerprint density at radius 1 is 1.00 bits per heavy atom. The van der Waals surface area contributed by atoms with Crippen molar-refractivity contribution in [3.8, 4) is 0 Å². The van der Waals surface area contributed by atoms with Crippen molar-refractivity contribution < 1.29 is 19.9 Å². The summed E-state index contributed by atoms with van der Waals surface area (Å²) in [6.45, 7) is 8.11. The second kappa shape index (κ2) is 5.53. The van der Waals surface area contributed by atoms with Crippen LogP contribution < -0.4 is 0 Å². The van der Waals surface area contributed by atoms with Gasteiger partial charge in [-0.3, -0.25) is 0 Å². The first-order chi connectivity index (χ1) is 6.59. The molecule has 0 unspecified atom stereocenters. The molecule has 3 N–H and O–H groups in total. The van der Waals surface area contributed by atoms with Crippen LogP contribution in [-0.4, -0.2) is 30.8 Å². The molecule has 0 aromatic rings. The fraction of sp³-hybridized carbons (Fsp3) is 1.00. The van der Waals surface area contributed by atoms with Crippen molar-refractivity contribution in [1.82, 2.24) is 5.06 Å². The van der Waals surface area contributed by atoms with E-state index in [0.717, 1.165) is 12.8 Å². The maximum Gasteiger partial charge on any atom is 0.324 e. The molecule has 1 saturated heterocycles. The van der Waals surface area contributed by atoms with Gasteiger partial charge >= 0.3 is 8.60 Å². The molecular formula is C9H21NO4P. The van der Waals surface area contributed by atoms with E-state index in [-0.39, 0.29) is 11.1 Å². The molecule has 0 saturated carbocycles. The summed E-state index contributed by atoms with van der Waals surface area (Å²) in [5.74, 6) is 0. The lowest BCUT2D eigenvalue weighted by molar-refractivity contribution is -0.286. The lowest BCUT2D eigenvalue weighted by Gasteiger charge is -2.46. The lowest BCUT2D eigenvalue weighted by Crippen LogP contribution is -2.55. The van der Waals surface area contributed by atoms with E-state index < -0.39 is 8.60 Å². The van der Waals surface area contributed by atoms with Gasteiger partial charge in [0.15, 0.2) is 0 Å². The molecule has 1 aliphatic rings. The van der Waals surface area contributed by atoms with Crippen molar-refractivity contribution in [1.29, 1.82) is 0 Å². The fourth-order valence-corrected chi connectivity index (χ4v) is 1.98. The van der Waals surface area contributed by atoms with E-state index in [1.165, 1.54) is 11.5 Å². The number of rotatable bonds is 0. The van der Waals surface area contributed by atoms with Crippen LogP contribution in [0.15, 0.2) is 0 Å². The molecular weight excluding hydrogens is 217 g/mol. The van der Waals surface area contributed by atoms with E-state index in [0.29, 0.717) is 0 Å². The quantitative estimate of drug-likeness (QED) is 0.559. The summed E-state index contributed by atoms with van der Waals surface area (Å²) in [6, 6.07) is 0. The fourth-order valence-electron chi connectivity index (χ4n) is 1.98. The van der Waals surface area contributed by atoms with E-state index in [1.54, 1.807) is 0 Å². The van der Waals surface area contributed by atoms with Gasteiger partial charge < -0.3 is 14.7 Å². The second-order valence-electron chi connectivity index (χ2n) is 5.04. The van der Waals surface area contributed by atoms with Gasteiger partial charge in [0.25, 0.3) is 0 Å². The Labute approximate surface area is 92.3 Å². The molecule has 1 fully saturated rings. The highest BCUT2D eigenvalue weighted by Crippen LogP contribution is 2.36. The maximum atomic E-state index is 11.7. The molecule has 0 aromatic carbocycles. The minimum Gasteiger partial charge on any atom is -0.328 e. The van der Waals surface area contributed by atoms with Crippen molar-refractivity contribution in [2.45, 2.75) is 58.0 Å². The third-order valence-electron chi connectivity index (χ3n) is 2.68. The Morgan fingerprint density at radius 3 is 1.47 bits per heavy atom. The molecule has 0 spiro atoms. The molecule has 6 heteroatoms. The number of hydrogen-bond donors (Lipinski definition) is 3. The standard InChI is InChI=1S/C9H18NO.H3O3P/c1-8(2)6-5-7-9(3,4)10(8)11;1-4(2)3/h5-7H2,1-4H3;1-3H. The third kappa shape index (κ3) is 5.20. The Morgan fingerprint density at radius 2 is 1.27 bits per heavy atom. The first-order valence-electron chi connectivity index (χ1n) is 4.94. The zero-order valence-corrected chi connectivity index (χ0v) is 10.7. The molecule has 0 bridgehead atoms. The van der Waals surface area contributed by atoms with Gasteiger partial charge in [-0.25, -0.2) is 0 Å². The van der Waals surface area contributed by atoms with Crippen LogP contribution in [0.4, 0.5) is 0 Å². The minimum atomic E-state index is -2.62. The Kier molecular flexibility index (Phi) is 5.61. The number of hydrogen-bond acceptors (Lipinski definition) is 4. The molecule has 0 aromatic heterocycles. The minimum absolute atomic E-state index is 0.151. The summed E-state index contributed by atoms with van der Waals surface area (Å²) in [4.78, 5) is 21.7. The van der Waals surface area contributed by atoms with Gasteiger partial charge in [-0.05, 0) is 47.0 Å². The summed E-state index contributed by atoms with van der Waals surface area (Å²) in [5, 5.41) is 13.0. The van der Waals surface area contributed by atoms with Crippen LogP contribution in [0.2, 0.25) is 0 Å². The van der Waals surface area contributed by atoms with E-state index in [4.69, 9.17) is 14.7 Å². The van der Waals surface area contributed by atoms with Gasteiger partial charge in [-0.1, -0.05) is 0 Å². The van der Waals surface area contributed by atoms with Crippen molar-refractivity contribution in [2.75, 3.05) is 0 Å². The SMILES string of the molecule is CC1(C)CCCC(C)(C)N1[O].OP(O)O. The van der Waals surface area contributed by atoms with Crippen LogP contribution in [-0.2, 0) is 5.21 Å². The summed E-state index contributed by atoms with van der Waals surface area (Å²) >= 11 is 0. The molecule has 5 nitrogen and oxygen atoms in total. The normalized spacial score (nSPS) is 24.6. The van der Waals surface area contributed by atoms with Gasteiger partial charge in [-0.2, -0.15) is 0 Å². The van der Waals surface area contributed by atoms with Crippen LogP contribution in [0.5, 0.6) is 0 Å². The average Bonchev–Trinajstić information content (AvgIpc) is 1.98. The van der Waals surface area contributed by atoms with Crippen molar-refractivity contribution in [3.63, 3.8) is 0 Å². The Bertz CT molecular complexity index is 178.